The van der Waals surface area contributed by atoms with Gasteiger partial charge < -0.3 is 14.9 Å². The maximum absolute atomic E-state index is 11.0. The molecule has 0 saturated heterocycles. The normalized spacial score (nSPS) is 12.9. The smallest absolute Gasteiger partial charge is 0.410 e. The first-order valence-electron chi connectivity index (χ1n) is 4.12. The molecule has 0 bridgehead atoms. The third-order valence-electron chi connectivity index (χ3n) is 1.85. The van der Waals surface area contributed by atoms with Crippen LogP contribution >= 0.6 is 0 Å². The second kappa shape index (κ2) is 3.55. The number of fused-ring (bicyclic) bond motifs is 1. The summed E-state index contributed by atoms with van der Waals surface area (Å²) in [5, 5.41) is 2.36. The summed E-state index contributed by atoms with van der Waals surface area (Å²) < 4.78 is 5.00. The van der Waals surface area contributed by atoms with E-state index in [1.165, 1.54) is 7.05 Å². The molecule has 1 aromatic rings. The molecule has 5 heteroatoms. The van der Waals surface area contributed by atoms with E-state index in [0.29, 0.717) is 18.1 Å². The van der Waals surface area contributed by atoms with Crippen LogP contribution in [0.15, 0.2) is 18.2 Å². The number of ether oxygens (including phenoxy) is 1. The first-order chi connectivity index (χ1) is 6.81. The number of hydrogen-bond donors (Lipinski definition) is 1. The van der Waals surface area contributed by atoms with Gasteiger partial charge in [0.05, 0.1) is 5.56 Å². The fraction of sp³-hybridized carbons (Fsp3) is 0.222. The minimum Gasteiger partial charge on any atom is -0.410 e. The van der Waals surface area contributed by atoms with Crippen molar-refractivity contribution in [1.82, 2.24) is 5.32 Å². The van der Waals surface area contributed by atoms with Gasteiger partial charge in [0, 0.05) is 7.05 Å². The Kier molecular flexibility index (Phi) is 2.24. The lowest BCUT2D eigenvalue weighted by Crippen LogP contribution is -2.22. The highest BCUT2D eigenvalue weighted by atomic mass is 17.2. The molecule has 0 spiro atoms. The molecule has 74 valence electrons. The Hall–Kier alpha value is -1.75. The van der Waals surface area contributed by atoms with Gasteiger partial charge in [-0.2, -0.15) is 4.89 Å². The molecule has 0 atom stereocenters. The van der Waals surface area contributed by atoms with Gasteiger partial charge in [0.15, 0.2) is 5.75 Å². The van der Waals surface area contributed by atoms with Crippen molar-refractivity contribution in [2.45, 2.75) is 6.61 Å². The minimum absolute atomic E-state index is 0.294. The SMILES string of the molecule is CNC(=O)Oc1cccc2c1COO2. The molecule has 1 N–H and O–H groups in total. The Labute approximate surface area is 80.5 Å². The topological polar surface area (TPSA) is 56.8 Å². The molecule has 0 saturated carbocycles. The van der Waals surface area contributed by atoms with E-state index in [0.717, 1.165) is 5.56 Å². The Morgan fingerprint density at radius 2 is 2.43 bits per heavy atom. The molecular weight excluding hydrogens is 186 g/mol. The van der Waals surface area contributed by atoms with Gasteiger partial charge >= 0.3 is 6.09 Å². The van der Waals surface area contributed by atoms with Crippen molar-refractivity contribution < 1.29 is 19.3 Å². The number of hydrogen-bond acceptors (Lipinski definition) is 4. The van der Waals surface area contributed by atoms with Crippen LogP contribution in [0.3, 0.4) is 0 Å². The van der Waals surface area contributed by atoms with Crippen LogP contribution in [0.5, 0.6) is 11.5 Å². The van der Waals surface area contributed by atoms with Crippen LogP contribution in [-0.2, 0) is 11.5 Å². The lowest BCUT2D eigenvalue weighted by molar-refractivity contribution is -0.194. The molecule has 1 heterocycles. The van der Waals surface area contributed by atoms with Gasteiger partial charge in [-0.25, -0.2) is 4.79 Å². The molecule has 2 rings (SSSR count). The highest BCUT2D eigenvalue weighted by Gasteiger charge is 2.19. The first-order valence-corrected chi connectivity index (χ1v) is 4.12. The zero-order valence-electron chi connectivity index (χ0n) is 7.57. The van der Waals surface area contributed by atoms with Crippen LogP contribution in [0.1, 0.15) is 5.56 Å². The Bertz CT molecular complexity index is 364. The molecule has 1 amide bonds. The first kappa shape index (κ1) is 8.83. The van der Waals surface area contributed by atoms with Crippen molar-refractivity contribution in [3.8, 4) is 11.5 Å². The number of nitrogens with one attached hydrogen (secondary N) is 1. The van der Waals surface area contributed by atoms with E-state index in [4.69, 9.17) is 14.5 Å². The minimum atomic E-state index is -0.509. The lowest BCUT2D eigenvalue weighted by Gasteiger charge is -2.05. The molecule has 0 radical (unpaired) electrons. The summed E-state index contributed by atoms with van der Waals surface area (Å²) >= 11 is 0. The highest BCUT2D eigenvalue weighted by Crippen LogP contribution is 2.33. The number of benzene rings is 1. The summed E-state index contributed by atoms with van der Waals surface area (Å²) in [5.41, 5.74) is 0.746. The van der Waals surface area contributed by atoms with Gasteiger partial charge in [-0.15, -0.1) is 0 Å². The van der Waals surface area contributed by atoms with E-state index < -0.39 is 6.09 Å². The summed E-state index contributed by atoms with van der Waals surface area (Å²) in [6.07, 6.45) is -0.509. The summed E-state index contributed by atoms with van der Waals surface area (Å²) in [4.78, 5) is 20.6. The van der Waals surface area contributed by atoms with Crippen molar-refractivity contribution in [2.75, 3.05) is 7.05 Å². The summed E-state index contributed by atoms with van der Waals surface area (Å²) in [5.74, 6) is 1.05. The standard InChI is InChI=1S/C9H9NO4/c1-10-9(11)13-7-3-2-4-8-6(7)5-12-14-8/h2-4H,5H2,1H3,(H,10,11). The average Bonchev–Trinajstić information content (AvgIpc) is 2.66. The molecule has 1 aliphatic rings. The largest absolute Gasteiger partial charge is 0.412 e. The number of carbonyl (C=O) groups is 1. The summed E-state index contributed by atoms with van der Waals surface area (Å²) in [6.45, 7) is 0.294. The van der Waals surface area contributed by atoms with Crippen LogP contribution < -0.4 is 14.9 Å². The molecule has 1 aromatic carbocycles. The van der Waals surface area contributed by atoms with Gasteiger partial charge in [0.2, 0.25) is 0 Å². The number of rotatable bonds is 1. The molecule has 1 aliphatic heterocycles. The van der Waals surface area contributed by atoms with Crippen LogP contribution in [0, 0.1) is 0 Å². The van der Waals surface area contributed by atoms with E-state index in [-0.39, 0.29) is 0 Å². The van der Waals surface area contributed by atoms with Crippen molar-refractivity contribution >= 4 is 6.09 Å². The highest BCUT2D eigenvalue weighted by molar-refractivity contribution is 5.70. The quantitative estimate of drug-likeness (QED) is 0.684. The Balaban J connectivity index is 2.26. The van der Waals surface area contributed by atoms with E-state index >= 15 is 0 Å². The van der Waals surface area contributed by atoms with Crippen molar-refractivity contribution in [2.24, 2.45) is 0 Å². The van der Waals surface area contributed by atoms with Crippen LogP contribution in [0.2, 0.25) is 0 Å². The average molecular weight is 195 g/mol. The zero-order valence-corrected chi connectivity index (χ0v) is 7.57. The fourth-order valence-electron chi connectivity index (χ4n) is 1.16. The van der Waals surface area contributed by atoms with Crippen LogP contribution in [0.25, 0.3) is 0 Å². The Morgan fingerprint density at radius 3 is 3.21 bits per heavy atom. The number of carbonyl (C=O) groups excluding carboxylic acids is 1. The van der Waals surface area contributed by atoms with Gasteiger partial charge in [0.1, 0.15) is 12.4 Å². The lowest BCUT2D eigenvalue weighted by atomic mass is 10.2. The summed E-state index contributed by atoms with van der Waals surface area (Å²) in [7, 11) is 1.50. The molecule has 0 aromatic heterocycles. The van der Waals surface area contributed by atoms with E-state index in [9.17, 15) is 4.79 Å². The van der Waals surface area contributed by atoms with E-state index in [2.05, 4.69) is 5.32 Å². The van der Waals surface area contributed by atoms with Gasteiger partial charge in [0.25, 0.3) is 0 Å². The van der Waals surface area contributed by atoms with Crippen LogP contribution in [-0.4, -0.2) is 13.1 Å². The molecular formula is C9H9NO4. The third kappa shape index (κ3) is 1.49. The predicted octanol–water partition coefficient (Wildman–Crippen LogP) is 1.23. The second-order valence-corrected chi connectivity index (χ2v) is 2.72. The summed E-state index contributed by atoms with van der Waals surface area (Å²) in [6, 6.07) is 5.16. The Morgan fingerprint density at radius 1 is 1.57 bits per heavy atom. The maximum Gasteiger partial charge on any atom is 0.412 e. The number of amides is 1. The molecule has 14 heavy (non-hydrogen) atoms. The zero-order chi connectivity index (χ0) is 9.97. The van der Waals surface area contributed by atoms with E-state index in [1.54, 1.807) is 18.2 Å². The third-order valence-corrected chi connectivity index (χ3v) is 1.85. The predicted molar refractivity (Wildman–Crippen MR) is 46.9 cm³/mol. The second-order valence-electron chi connectivity index (χ2n) is 2.72. The maximum atomic E-state index is 11.0. The van der Waals surface area contributed by atoms with E-state index in [1.807, 2.05) is 0 Å². The van der Waals surface area contributed by atoms with Gasteiger partial charge in [-0.05, 0) is 12.1 Å². The monoisotopic (exact) mass is 195 g/mol. The van der Waals surface area contributed by atoms with Gasteiger partial charge in [-0.1, -0.05) is 6.07 Å². The van der Waals surface area contributed by atoms with Crippen molar-refractivity contribution in [1.29, 1.82) is 0 Å². The molecule has 0 unspecified atom stereocenters. The fourth-order valence-corrected chi connectivity index (χ4v) is 1.16. The van der Waals surface area contributed by atoms with Gasteiger partial charge in [-0.3, -0.25) is 0 Å². The van der Waals surface area contributed by atoms with Crippen molar-refractivity contribution in [3.63, 3.8) is 0 Å². The molecule has 5 nitrogen and oxygen atoms in total. The van der Waals surface area contributed by atoms with Crippen molar-refractivity contribution in [3.05, 3.63) is 23.8 Å². The molecule has 0 aliphatic carbocycles. The van der Waals surface area contributed by atoms with Crippen LogP contribution in [0.4, 0.5) is 4.79 Å². The molecule has 0 fully saturated rings.